The van der Waals surface area contributed by atoms with Gasteiger partial charge < -0.3 is 0 Å². The second-order valence-electron chi connectivity index (χ2n) is 26.8. The first kappa shape index (κ1) is 45.6. The Balaban J connectivity index is 1.10. The highest BCUT2D eigenvalue weighted by Crippen LogP contribution is 2.67. The molecule has 2 atom stereocenters. The molecule has 0 aliphatic heterocycles. The van der Waals surface area contributed by atoms with Gasteiger partial charge in [-0.25, -0.2) is 0 Å². The van der Waals surface area contributed by atoms with Crippen molar-refractivity contribution in [3.8, 4) is 33.4 Å². The van der Waals surface area contributed by atoms with Crippen LogP contribution < -0.4 is 5.22 Å². The zero-order valence-corrected chi connectivity index (χ0v) is 45.6. The molecule has 0 heteroatoms. The van der Waals surface area contributed by atoms with Crippen LogP contribution in [0.3, 0.4) is 0 Å². The van der Waals surface area contributed by atoms with Crippen molar-refractivity contribution in [1.29, 1.82) is 0 Å². The van der Waals surface area contributed by atoms with Crippen molar-refractivity contribution in [2.45, 2.75) is 118 Å². The maximum Gasteiger partial charge on any atom is 0.0212 e. The Morgan fingerprint density at radius 2 is 0.838 bits per heavy atom. The third kappa shape index (κ3) is 6.59. The van der Waals surface area contributed by atoms with Crippen LogP contribution in [0.5, 0.6) is 0 Å². The molecule has 0 saturated heterocycles. The normalized spacial score (nSPS) is 17.8. The highest BCUT2D eigenvalue weighted by atomic mass is 14.5. The van der Waals surface area contributed by atoms with E-state index in [1.165, 1.54) is 154 Å². The molecule has 2 unspecified atom stereocenters. The maximum absolute atomic E-state index is 2.58. The summed E-state index contributed by atoms with van der Waals surface area (Å²) in [6.07, 6.45) is 14.9. The molecule has 0 fully saturated rings. The number of rotatable bonds is 3. The average molecular weight is 957 g/mol. The number of hydrogen-bond acceptors (Lipinski definition) is 0. The van der Waals surface area contributed by atoms with Gasteiger partial charge in [0.2, 0.25) is 0 Å². The summed E-state index contributed by atoms with van der Waals surface area (Å²) in [7, 11) is 0. The van der Waals surface area contributed by atoms with Crippen molar-refractivity contribution >= 4 is 71.5 Å². The summed E-state index contributed by atoms with van der Waals surface area (Å²) in [5, 5.41) is 12.2. The molecule has 0 spiro atoms. The molecule has 0 saturated carbocycles. The SMILES string of the molecule is CC(C)(C)c1cc(-c2c3c(c(-c4cc(C(C)(C)C)cc(C(C)(C)C)c4)c4cc5ccccc5cc24)C2=CC=C4c5c(cccc5-c5ccc6ccc7c8c(ccc5c68)=CCC7)C5=CC=C3C2C54)cc(C(C)(C)C)c1. The molecule has 0 heterocycles. The zero-order valence-electron chi connectivity index (χ0n) is 45.6. The molecule has 0 N–H and O–H groups in total. The van der Waals surface area contributed by atoms with Gasteiger partial charge in [0.15, 0.2) is 0 Å². The summed E-state index contributed by atoms with van der Waals surface area (Å²) in [6, 6.07) is 50.9. The second-order valence-corrected chi connectivity index (χ2v) is 26.8. The summed E-state index contributed by atoms with van der Waals surface area (Å²) in [5.74, 6) is 0.373. The predicted octanol–water partition coefficient (Wildman–Crippen LogP) is 19.5. The molecule has 14 rings (SSSR count). The molecule has 0 bridgehead atoms. The van der Waals surface area contributed by atoms with Crippen molar-refractivity contribution in [3.63, 3.8) is 0 Å². The van der Waals surface area contributed by atoms with E-state index in [0.717, 1.165) is 12.8 Å². The third-order valence-corrected chi connectivity index (χ3v) is 18.0. The van der Waals surface area contributed by atoms with Crippen LogP contribution in [0.2, 0.25) is 0 Å². The van der Waals surface area contributed by atoms with Gasteiger partial charge in [0.25, 0.3) is 0 Å². The van der Waals surface area contributed by atoms with Crippen molar-refractivity contribution < 1.29 is 0 Å². The average Bonchev–Trinajstić information content (AvgIpc) is 3.88. The van der Waals surface area contributed by atoms with Gasteiger partial charge in [-0.05, 0) is 201 Å². The standard InChI is InChI=1S/C74H68/c1-71(2,3)48-33-46(34-49(39-48)72(4,5)6)64-60-37-44-17-13-14-18-45(44)38-61(60)65(47-35-50(73(7,8)9)40-51(36-47)74(10,11)12)70-59-32-31-57-66-53(21-16-22-54(66)56-29-30-58(69(64)70)68(59)67(56)57)52-27-25-43-24-23-41-19-15-20-42-26-28-55(52)63(43)62(41)42/h13-14,16-18,20-40,67-68H,15,19H2,1-12H3. The van der Waals surface area contributed by atoms with Crippen molar-refractivity contribution in [3.05, 3.63) is 207 Å². The fourth-order valence-corrected chi connectivity index (χ4v) is 14.0. The molecule has 364 valence electrons. The minimum absolute atomic E-state index is 0.0412. The number of hydrogen-bond donors (Lipinski definition) is 0. The Morgan fingerprint density at radius 3 is 1.38 bits per heavy atom. The second kappa shape index (κ2) is 15.3. The predicted molar refractivity (Wildman–Crippen MR) is 321 cm³/mol. The lowest BCUT2D eigenvalue weighted by atomic mass is 9.71. The van der Waals surface area contributed by atoms with Crippen LogP contribution in [-0.4, -0.2) is 0 Å². The Bertz CT molecular complexity index is 4130. The monoisotopic (exact) mass is 957 g/mol. The highest BCUT2D eigenvalue weighted by Gasteiger charge is 2.50. The highest BCUT2D eigenvalue weighted by molar-refractivity contribution is 6.23. The van der Waals surface area contributed by atoms with Crippen molar-refractivity contribution in [1.82, 2.24) is 0 Å². The van der Waals surface area contributed by atoms with Crippen LogP contribution in [0.1, 0.15) is 140 Å². The van der Waals surface area contributed by atoms with Crippen LogP contribution in [-0.2, 0) is 28.1 Å². The summed E-state index contributed by atoms with van der Waals surface area (Å²) in [6.45, 7) is 28.6. The van der Waals surface area contributed by atoms with E-state index < -0.39 is 0 Å². The Hall–Kier alpha value is -7.02. The molecule has 9 aromatic rings. The first-order chi connectivity index (χ1) is 35.2. The van der Waals surface area contributed by atoms with Gasteiger partial charge in [0.1, 0.15) is 0 Å². The van der Waals surface area contributed by atoms with Crippen molar-refractivity contribution in [2.75, 3.05) is 0 Å². The largest absolute Gasteiger partial charge is 0.0763 e. The number of fused-ring (bicyclic) bond motifs is 8. The van der Waals surface area contributed by atoms with Gasteiger partial charge >= 0.3 is 0 Å². The van der Waals surface area contributed by atoms with E-state index in [-0.39, 0.29) is 33.5 Å². The molecule has 0 radical (unpaired) electrons. The minimum atomic E-state index is -0.0412. The van der Waals surface area contributed by atoms with Gasteiger partial charge in [-0.1, -0.05) is 229 Å². The topological polar surface area (TPSA) is 0 Å². The van der Waals surface area contributed by atoms with Crippen molar-refractivity contribution in [2.24, 2.45) is 11.8 Å². The zero-order chi connectivity index (χ0) is 51.1. The van der Waals surface area contributed by atoms with E-state index in [1.807, 2.05) is 0 Å². The lowest BCUT2D eigenvalue weighted by Gasteiger charge is -2.31. The van der Waals surface area contributed by atoms with Crippen LogP contribution in [0, 0.1) is 11.8 Å². The molecule has 0 amide bonds. The molecule has 5 aliphatic carbocycles. The lowest BCUT2D eigenvalue weighted by molar-refractivity contribution is 0.568. The molecular weight excluding hydrogens is 889 g/mol. The molecule has 74 heavy (non-hydrogen) atoms. The molecule has 9 aromatic carbocycles. The number of aryl methyl sites for hydroxylation is 1. The first-order valence-electron chi connectivity index (χ1n) is 27.5. The van der Waals surface area contributed by atoms with Gasteiger partial charge in [0.05, 0.1) is 0 Å². The van der Waals surface area contributed by atoms with E-state index in [0.29, 0.717) is 0 Å². The van der Waals surface area contributed by atoms with E-state index in [1.54, 1.807) is 0 Å². The van der Waals surface area contributed by atoms with Crippen LogP contribution in [0.25, 0.3) is 105 Å². The fourth-order valence-electron chi connectivity index (χ4n) is 14.0. The first-order valence-corrected chi connectivity index (χ1v) is 27.5. The van der Waals surface area contributed by atoms with Gasteiger partial charge in [-0.2, -0.15) is 0 Å². The lowest BCUT2D eigenvalue weighted by Crippen LogP contribution is -2.18. The van der Waals surface area contributed by atoms with Gasteiger partial charge in [-0.15, -0.1) is 0 Å². The summed E-state index contributed by atoms with van der Waals surface area (Å²) >= 11 is 0. The van der Waals surface area contributed by atoms with Crippen LogP contribution in [0.4, 0.5) is 0 Å². The molecule has 0 nitrogen and oxygen atoms in total. The Labute approximate surface area is 438 Å². The molecule has 0 aromatic heterocycles. The minimum Gasteiger partial charge on any atom is -0.0763 e. The van der Waals surface area contributed by atoms with Crippen LogP contribution in [0.15, 0.2) is 152 Å². The maximum atomic E-state index is 2.58. The molecular formula is C74H68. The quantitative estimate of drug-likeness (QED) is 0.155. The van der Waals surface area contributed by atoms with E-state index in [4.69, 9.17) is 0 Å². The smallest absolute Gasteiger partial charge is 0.0212 e. The Kier molecular flexibility index (Phi) is 9.42. The summed E-state index contributed by atoms with van der Waals surface area (Å²) in [5.41, 5.74) is 26.4. The van der Waals surface area contributed by atoms with E-state index in [9.17, 15) is 0 Å². The van der Waals surface area contributed by atoms with Gasteiger partial charge in [-0.3, -0.25) is 0 Å². The van der Waals surface area contributed by atoms with E-state index >= 15 is 0 Å². The fraction of sp³-hybridized carbons (Fsp3) is 0.270. The summed E-state index contributed by atoms with van der Waals surface area (Å²) in [4.78, 5) is 0. The van der Waals surface area contributed by atoms with E-state index in [2.05, 4.69) is 241 Å². The Morgan fingerprint density at radius 1 is 0.351 bits per heavy atom. The number of benzene rings is 9. The summed E-state index contributed by atoms with van der Waals surface area (Å²) < 4.78 is 0. The number of allylic oxidation sites excluding steroid dienone is 8. The van der Waals surface area contributed by atoms with Crippen LogP contribution >= 0.6 is 0 Å². The van der Waals surface area contributed by atoms with Gasteiger partial charge in [0, 0.05) is 11.8 Å². The third-order valence-electron chi connectivity index (χ3n) is 18.0. The molecule has 5 aliphatic rings.